The summed E-state index contributed by atoms with van der Waals surface area (Å²) in [5.74, 6) is -0.194. The lowest BCUT2D eigenvalue weighted by molar-refractivity contribution is -0.141. The molecular weight excluding hydrogens is 578 g/mol. The molecule has 2 aromatic rings. The second-order valence-electron chi connectivity index (χ2n) is 10.8. The first kappa shape index (κ1) is 32.0. The van der Waals surface area contributed by atoms with E-state index in [0.29, 0.717) is 6.42 Å². The molecule has 2 aromatic heterocycles. The number of aromatic amines is 1. The smallest absolute Gasteiger partial charge is 0.344 e. The van der Waals surface area contributed by atoms with Gasteiger partial charge in [-0.1, -0.05) is 6.92 Å². The van der Waals surface area contributed by atoms with Gasteiger partial charge < -0.3 is 18.7 Å². The fraction of sp³-hybridized carbons (Fsp3) is 0.654. The van der Waals surface area contributed by atoms with Crippen molar-refractivity contribution in [3.63, 3.8) is 0 Å². The first-order chi connectivity index (χ1) is 19.7. The maximum Gasteiger partial charge on any atom is 0.433 e. The number of nitriles is 1. The van der Waals surface area contributed by atoms with Gasteiger partial charge in [0.1, 0.15) is 23.4 Å². The van der Waals surface area contributed by atoms with Crippen molar-refractivity contribution in [2.45, 2.75) is 96.6 Å². The van der Waals surface area contributed by atoms with Crippen LogP contribution in [0.15, 0.2) is 28.0 Å². The van der Waals surface area contributed by atoms with Crippen molar-refractivity contribution in [1.82, 2.24) is 24.2 Å². The lowest BCUT2D eigenvalue weighted by Crippen LogP contribution is -2.49. The summed E-state index contributed by atoms with van der Waals surface area (Å²) >= 11 is 0. The molecular formula is C26H35F3N7O5P. The molecule has 230 valence electrons. The predicted molar refractivity (Wildman–Crippen MR) is 147 cm³/mol. The lowest BCUT2D eigenvalue weighted by Gasteiger charge is -2.38. The number of hydrogen-bond acceptors (Lipinski definition) is 10. The topological polar surface area (TPSA) is 139 Å². The molecule has 2 aliphatic heterocycles. The average molecular weight is 614 g/mol. The van der Waals surface area contributed by atoms with Gasteiger partial charge in [0, 0.05) is 30.0 Å². The predicted octanol–water partition coefficient (Wildman–Crippen LogP) is 3.88. The summed E-state index contributed by atoms with van der Waals surface area (Å²) in [6.07, 6.45) is -3.68. The number of rotatable bonds is 11. The van der Waals surface area contributed by atoms with Crippen molar-refractivity contribution in [2.75, 3.05) is 18.1 Å². The van der Waals surface area contributed by atoms with E-state index in [2.05, 4.69) is 21.0 Å². The van der Waals surface area contributed by atoms with Gasteiger partial charge in [0.25, 0.3) is 14.1 Å². The minimum Gasteiger partial charge on any atom is -0.344 e. The number of H-pyrrole nitrogens is 1. The van der Waals surface area contributed by atoms with Gasteiger partial charge >= 0.3 is 11.9 Å². The Morgan fingerprint density at radius 1 is 1.31 bits per heavy atom. The van der Waals surface area contributed by atoms with Gasteiger partial charge in [-0.2, -0.15) is 18.4 Å². The zero-order valence-electron chi connectivity index (χ0n) is 24.3. The van der Waals surface area contributed by atoms with Crippen LogP contribution < -0.4 is 16.1 Å². The number of fused-ring (bicyclic) bond motifs is 2. The molecule has 0 aliphatic carbocycles. The number of nitrogens with one attached hydrogen (secondary N) is 1. The Hall–Kier alpha value is -2.89. The fourth-order valence-electron chi connectivity index (χ4n) is 5.47. The SMILES string of the molecule is CC[C@@]12CN(c3nccc(C(F)(F)F)n3)[C@@H]([C@H](n3cc(C)c(=O)[nH]c3=O)O1)[C@@H]2OP(OCCC#N)N(C(C)C)C(C)C. The van der Waals surface area contributed by atoms with Gasteiger partial charge in [0.2, 0.25) is 5.95 Å². The van der Waals surface area contributed by atoms with Crippen LogP contribution in [-0.4, -0.2) is 67.2 Å². The third kappa shape index (κ3) is 6.09. The van der Waals surface area contributed by atoms with Crippen LogP contribution in [0.25, 0.3) is 0 Å². The van der Waals surface area contributed by atoms with Crippen molar-refractivity contribution in [2.24, 2.45) is 0 Å². The molecule has 0 saturated carbocycles. The highest BCUT2D eigenvalue weighted by Gasteiger charge is 2.66. The number of aryl methyl sites for hydroxylation is 1. The third-order valence-electron chi connectivity index (χ3n) is 7.35. The van der Waals surface area contributed by atoms with Crippen LogP contribution >= 0.6 is 8.53 Å². The van der Waals surface area contributed by atoms with E-state index in [9.17, 15) is 22.8 Å². The molecule has 12 nitrogen and oxygen atoms in total. The van der Waals surface area contributed by atoms with Crippen LogP contribution in [0.5, 0.6) is 0 Å². The van der Waals surface area contributed by atoms with Gasteiger partial charge in [-0.25, -0.2) is 19.4 Å². The first-order valence-corrected chi connectivity index (χ1v) is 14.8. The van der Waals surface area contributed by atoms with Crippen LogP contribution in [0.2, 0.25) is 0 Å². The normalized spacial score (nSPS) is 24.6. The molecule has 2 saturated heterocycles. The summed E-state index contributed by atoms with van der Waals surface area (Å²) in [7, 11) is -1.79. The zero-order valence-corrected chi connectivity index (χ0v) is 25.1. The van der Waals surface area contributed by atoms with Crippen LogP contribution in [-0.2, 0) is 20.0 Å². The molecule has 0 amide bonds. The third-order valence-corrected chi connectivity index (χ3v) is 9.46. The maximum atomic E-state index is 13.6. The summed E-state index contributed by atoms with van der Waals surface area (Å²) in [6.45, 7) is 11.5. The molecule has 1 unspecified atom stereocenters. The van der Waals surface area contributed by atoms with E-state index in [0.717, 1.165) is 12.3 Å². The standard InChI is InChI=1S/C26H35F3N7O5P/c1-7-25-14-35(23-31-11-9-18(32-23)26(27,28)29)19(22(40-25)34-13-17(6)21(37)33-24(34)38)20(25)41-42(39-12-8-10-30)36(15(2)3)16(4)5/h9,11,13,15-16,19-20,22H,7-8,12,14H2,1-6H3,(H,33,37,38)/t19-,20+,22-,25+,42?/m1/s1. The maximum absolute atomic E-state index is 13.6. The van der Waals surface area contributed by atoms with E-state index >= 15 is 0 Å². The van der Waals surface area contributed by atoms with Crippen molar-refractivity contribution in [1.29, 1.82) is 5.26 Å². The van der Waals surface area contributed by atoms with Crippen LogP contribution in [0, 0.1) is 18.3 Å². The Morgan fingerprint density at radius 2 is 2.00 bits per heavy atom. The van der Waals surface area contributed by atoms with E-state index in [-0.39, 0.29) is 43.2 Å². The molecule has 42 heavy (non-hydrogen) atoms. The van der Waals surface area contributed by atoms with E-state index in [1.165, 1.54) is 17.7 Å². The average Bonchev–Trinajstić information content (AvgIpc) is 3.39. The highest BCUT2D eigenvalue weighted by molar-refractivity contribution is 7.44. The summed E-state index contributed by atoms with van der Waals surface area (Å²) in [5.41, 5.74) is -3.26. The summed E-state index contributed by atoms with van der Waals surface area (Å²) in [4.78, 5) is 36.9. The highest BCUT2D eigenvalue weighted by Crippen LogP contribution is 2.57. The van der Waals surface area contributed by atoms with Crippen LogP contribution in [0.4, 0.5) is 19.1 Å². The van der Waals surface area contributed by atoms with Gasteiger partial charge in [0.15, 0.2) is 6.23 Å². The van der Waals surface area contributed by atoms with Crippen molar-refractivity contribution >= 4 is 14.5 Å². The Morgan fingerprint density at radius 3 is 2.60 bits per heavy atom. The van der Waals surface area contributed by atoms with Crippen molar-refractivity contribution in [3.05, 3.63) is 50.6 Å². The largest absolute Gasteiger partial charge is 0.433 e. The second kappa shape index (κ2) is 12.4. The monoisotopic (exact) mass is 613 g/mol. The molecule has 2 aliphatic rings. The van der Waals surface area contributed by atoms with Crippen LogP contribution in [0.1, 0.15) is 64.9 Å². The van der Waals surface area contributed by atoms with Gasteiger partial charge in [-0.3, -0.25) is 14.3 Å². The number of aromatic nitrogens is 4. The minimum atomic E-state index is -4.70. The molecule has 4 heterocycles. The summed E-state index contributed by atoms with van der Waals surface area (Å²) in [5, 5.41) is 9.11. The quantitative estimate of drug-likeness (QED) is 0.294. The van der Waals surface area contributed by atoms with E-state index < -0.39 is 55.6 Å². The summed E-state index contributed by atoms with van der Waals surface area (Å²) in [6, 6.07) is 1.94. The Bertz CT molecular complexity index is 1420. The Labute approximate surface area is 242 Å². The Kier molecular flexibility index (Phi) is 9.44. The number of alkyl halides is 3. The number of halogens is 3. The van der Waals surface area contributed by atoms with Gasteiger partial charge in [-0.05, 0) is 47.1 Å². The molecule has 0 spiro atoms. The number of morpholine rings is 1. The number of anilines is 1. The number of ether oxygens (including phenoxy) is 1. The molecule has 2 bridgehead atoms. The molecule has 0 radical (unpaired) electrons. The van der Waals surface area contributed by atoms with Gasteiger partial charge in [-0.15, -0.1) is 0 Å². The molecule has 1 N–H and O–H groups in total. The molecule has 4 rings (SSSR count). The number of hydrogen-bond donors (Lipinski definition) is 1. The van der Waals surface area contributed by atoms with Crippen LogP contribution in [0.3, 0.4) is 0 Å². The molecule has 5 atom stereocenters. The number of nitrogens with zero attached hydrogens (tertiary/aromatic N) is 6. The van der Waals surface area contributed by atoms with Crippen molar-refractivity contribution < 1.29 is 27.0 Å². The molecule has 16 heteroatoms. The fourth-order valence-corrected chi connectivity index (χ4v) is 7.28. The summed E-state index contributed by atoms with van der Waals surface area (Å²) < 4.78 is 63.5. The molecule has 0 aromatic carbocycles. The van der Waals surface area contributed by atoms with Gasteiger partial charge in [0.05, 0.1) is 25.6 Å². The molecule has 2 fully saturated rings. The van der Waals surface area contributed by atoms with E-state index in [1.807, 2.05) is 39.3 Å². The highest BCUT2D eigenvalue weighted by atomic mass is 31.2. The first-order valence-electron chi connectivity index (χ1n) is 13.7. The van der Waals surface area contributed by atoms with Crippen molar-refractivity contribution in [3.8, 4) is 6.07 Å². The zero-order chi connectivity index (χ0) is 31.0. The Balaban J connectivity index is 1.85. The second-order valence-corrected chi connectivity index (χ2v) is 12.2. The van der Waals surface area contributed by atoms with E-state index in [4.69, 9.17) is 19.0 Å². The lowest BCUT2D eigenvalue weighted by atomic mass is 9.96. The minimum absolute atomic E-state index is 0.0149. The van der Waals surface area contributed by atoms with E-state index in [1.54, 1.807) is 4.90 Å².